The summed E-state index contributed by atoms with van der Waals surface area (Å²) in [4.78, 5) is 17.8. The fraction of sp³-hybridized carbons (Fsp3) is 0.176. The van der Waals surface area contributed by atoms with Gasteiger partial charge < -0.3 is 0 Å². The summed E-state index contributed by atoms with van der Waals surface area (Å²) >= 11 is 1.75. The Morgan fingerprint density at radius 2 is 2.10 bits per heavy atom. The first-order valence-corrected chi connectivity index (χ1v) is 7.61. The van der Waals surface area contributed by atoms with Crippen molar-refractivity contribution in [3.8, 4) is 0 Å². The van der Waals surface area contributed by atoms with Gasteiger partial charge in [0.25, 0.3) is 0 Å². The van der Waals surface area contributed by atoms with E-state index >= 15 is 0 Å². The monoisotopic (exact) mass is 281 g/mol. The molecular weight excluding hydrogens is 266 g/mol. The third-order valence-electron chi connectivity index (χ3n) is 3.39. The molecule has 0 spiro atoms. The van der Waals surface area contributed by atoms with E-state index in [-0.39, 0.29) is 5.78 Å². The molecule has 3 heteroatoms. The highest BCUT2D eigenvalue weighted by Crippen LogP contribution is 2.20. The van der Waals surface area contributed by atoms with Crippen LogP contribution < -0.4 is 0 Å². The molecular formula is C17H15NOS. The Bertz CT molecular complexity index is 713. The molecule has 2 heterocycles. The lowest BCUT2D eigenvalue weighted by molar-refractivity contribution is 0.0982. The Kier molecular flexibility index (Phi) is 3.88. The molecule has 0 radical (unpaired) electrons. The Balaban J connectivity index is 1.72. The zero-order chi connectivity index (χ0) is 13.8. The lowest BCUT2D eigenvalue weighted by Gasteiger charge is -2.05. The van der Waals surface area contributed by atoms with Crippen LogP contribution in [0.3, 0.4) is 0 Å². The lowest BCUT2D eigenvalue weighted by Crippen LogP contribution is -2.00. The summed E-state index contributed by atoms with van der Waals surface area (Å²) in [6.07, 6.45) is 6.03. The quantitative estimate of drug-likeness (QED) is 0.644. The fourth-order valence-electron chi connectivity index (χ4n) is 2.38. The molecule has 100 valence electrons. The number of aryl methyl sites for hydroxylation is 1. The molecule has 0 unspecified atom stereocenters. The summed E-state index contributed by atoms with van der Waals surface area (Å²) in [6.45, 7) is 0. The average molecular weight is 281 g/mol. The maximum Gasteiger partial charge on any atom is 0.163 e. The zero-order valence-corrected chi connectivity index (χ0v) is 11.9. The molecule has 0 atom stereocenters. The van der Waals surface area contributed by atoms with Gasteiger partial charge >= 0.3 is 0 Å². The van der Waals surface area contributed by atoms with Crippen LogP contribution in [0.4, 0.5) is 0 Å². The minimum Gasteiger partial charge on any atom is -0.294 e. The van der Waals surface area contributed by atoms with E-state index in [4.69, 9.17) is 0 Å². The van der Waals surface area contributed by atoms with E-state index in [9.17, 15) is 4.79 Å². The summed E-state index contributed by atoms with van der Waals surface area (Å²) in [5.41, 5.74) is 0.816. The van der Waals surface area contributed by atoms with Crippen molar-refractivity contribution in [3.63, 3.8) is 0 Å². The van der Waals surface area contributed by atoms with Gasteiger partial charge in [-0.15, -0.1) is 11.3 Å². The minimum atomic E-state index is 0.221. The van der Waals surface area contributed by atoms with Crippen molar-refractivity contribution in [2.45, 2.75) is 19.3 Å². The van der Waals surface area contributed by atoms with E-state index in [2.05, 4.69) is 22.5 Å². The first-order chi connectivity index (χ1) is 9.84. The van der Waals surface area contributed by atoms with Crippen LogP contribution in [0, 0.1) is 0 Å². The van der Waals surface area contributed by atoms with Crippen LogP contribution in [0.5, 0.6) is 0 Å². The number of ketones is 1. The van der Waals surface area contributed by atoms with Crippen molar-refractivity contribution in [2.24, 2.45) is 0 Å². The van der Waals surface area contributed by atoms with Gasteiger partial charge in [-0.05, 0) is 35.7 Å². The van der Waals surface area contributed by atoms with Gasteiger partial charge in [-0.1, -0.05) is 24.3 Å². The van der Waals surface area contributed by atoms with Crippen molar-refractivity contribution in [1.29, 1.82) is 0 Å². The SMILES string of the molecule is O=C(CCCc1cccs1)c1cccc2cnccc12. The molecule has 0 N–H and O–H groups in total. The summed E-state index contributed by atoms with van der Waals surface area (Å²) < 4.78 is 0. The summed E-state index contributed by atoms with van der Waals surface area (Å²) in [7, 11) is 0. The van der Waals surface area contributed by atoms with Crippen molar-refractivity contribution >= 4 is 27.9 Å². The highest BCUT2D eigenvalue weighted by atomic mass is 32.1. The second-order valence-electron chi connectivity index (χ2n) is 4.76. The number of hydrogen-bond donors (Lipinski definition) is 0. The summed E-state index contributed by atoms with van der Waals surface area (Å²) in [5.74, 6) is 0.221. The normalized spacial score (nSPS) is 10.8. The van der Waals surface area contributed by atoms with E-state index in [0.29, 0.717) is 6.42 Å². The molecule has 2 nitrogen and oxygen atoms in total. The first kappa shape index (κ1) is 13.0. The molecule has 1 aromatic carbocycles. The van der Waals surface area contributed by atoms with Gasteiger partial charge in [-0.2, -0.15) is 0 Å². The van der Waals surface area contributed by atoms with E-state index in [0.717, 1.165) is 29.2 Å². The predicted octanol–water partition coefficient (Wildman–Crippen LogP) is 4.50. The Morgan fingerprint density at radius 1 is 1.15 bits per heavy atom. The predicted molar refractivity (Wildman–Crippen MR) is 83.3 cm³/mol. The number of thiophene rings is 1. The van der Waals surface area contributed by atoms with Crippen molar-refractivity contribution in [1.82, 2.24) is 4.98 Å². The van der Waals surface area contributed by atoms with E-state index in [1.807, 2.05) is 24.3 Å². The molecule has 20 heavy (non-hydrogen) atoms. The van der Waals surface area contributed by atoms with Gasteiger partial charge in [-0.25, -0.2) is 0 Å². The summed E-state index contributed by atoms with van der Waals surface area (Å²) in [5, 5.41) is 4.11. The van der Waals surface area contributed by atoms with Crippen LogP contribution in [-0.4, -0.2) is 10.8 Å². The number of nitrogens with zero attached hydrogens (tertiary/aromatic N) is 1. The number of carbonyl (C=O) groups excluding carboxylic acids is 1. The smallest absolute Gasteiger partial charge is 0.163 e. The molecule has 3 aromatic rings. The van der Waals surface area contributed by atoms with Crippen molar-refractivity contribution < 1.29 is 4.79 Å². The molecule has 0 saturated heterocycles. The van der Waals surface area contributed by atoms with Gasteiger partial charge in [0.15, 0.2) is 5.78 Å². The molecule has 0 fully saturated rings. The Morgan fingerprint density at radius 3 is 2.95 bits per heavy atom. The topological polar surface area (TPSA) is 30.0 Å². The number of benzene rings is 1. The number of rotatable bonds is 5. The van der Waals surface area contributed by atoms with E-state index in [1.54, 1.807) is 23.7 Å². The molecule has 3 rings (SSSR count). The fourth-order valence-corrected chi connectivity index (χ4v) is 3.13. The largest absolute Gasteiger partial charge is 0.294 e. The Hall–Kier alpha value is -2.00. The van der Waals surface area contributed by atoms with Gasteiger partial charge in [0, 0.05) is 34.6 Å². The van der Waals surface area contributed by atoms with Crippen LogP contribution in [-0.2, 0) is 6.42 Å². The Labute approximate surface area is 122 Å². The van der Waals surface area contributed by atoms with Crippen LogP contribution in [0.25, 0.3) is 10.8 Å². The van der Waals surface area contributed by atoms with Gasteiger partial charge in [0.2, 0.25) is 0 Å². The lowest BCUT2D eigenvalue weighted by atomic mass is 9.99. The number of carbonyl (C=O) groups is 1. The average Bonchev–Trinajstić information content (AvgIpc) is 3.00. The highest BCUT2D eigenvalue weighted by molar-refractivity contribution is 7.09. The van der Waals surface area contributed by atoms with Gasteiger partial charge in [-0.3, -0.25) is 9.78 Å². The molecule has 0 aliphatic rings. The molecule has 0 aliphatic carbocycles. The molecule has 0 aliphatic heterocycles. The van der Waals surface area contributed by atoms with E-state index < -0.39 is 0 Å². The standard InChI is InChI=1S/C17H15NOS/c19-17(8-2-5-14-6-3-11-20-14)16-7-1-4-13-12-18-10-9-15(13)16/h1,3-4,6-7,9-12H,2,5,8H2. The number of hydrogen-bond acceptors (Lipinski definition) is 3. The maximum atomic E-state index is 12.4. The minimum absolute atomic E-state index is 0.221. The van der Waals surface area contributed by atoms with Gasteiger partial charge in [0.05, 0.1) is 0 Å². The van der Waals surface area contributed by atoms with Crippen LogP contribution in [0.15, 0.2) is 54.2 Å². The molecule has 0 saturated carbocycles. The second-order valence-corrected chi connectivity index (χ2v) is 5.79. The number of fused-ring (bicyclic) bond motifs is 1. The first-order valence-electron chi connectivity index (χ1n) is 6.73. The van der Waals surface area contributed by atoms with Crippen LogP contribution in [0.1, 0.15) is 28.1 Å². The third-order valence-corrected chi connectivity index (χ3v) is 4.32. The highest BCUT2D eigenvalue weighted by Gasteiger charge is 2.09. The number of pyridine rings is 1. The van der Waals surface area contributed by atoms with Crippen LogP contribution >= 0.6 is 11.3 Å². The zero-order valence-electron chi connectivity index (χ0n) is 11.1. The molecule has 2 aromatic heterocycles. The number of Topliss-reactive ketones (excluding diaryl/α,β-unsaturated/α-hetero) is 1. The van der Waals surface area contributed by atoms with Crippen molar-refractivity contribution in [2.75, 3.05) is 0 Å². The third kappa shape index (κ3) is 2.78. The second kappa shape index (κ2) is 5.97. The summed E-state index contributed by atoms with van der Waals surface area (Å²) in [6, 6.07) is 11.9. The number of aromatic nitrogens is 1. The van der Waals surface area contributed by atoms with E-state index in [1.165, 1.54) is 4.88 Å². The molecule has 0 bridgehead atoms. The van der Waals surface area contributed by atoms with Gasteiger partial charge in [0.1, 0.15) is 0 Å². The van der Waals surface area contributed by atoms with Crippen molar-refractivity contribution in [3.05, 3.63) is 64.6 Å². The van der Waals surface area contributed by atoms with Crippen LogP contribution in [0.2, 0.25) is 0 Å². The maximum absolute atomic E-state index is 12.4. The molecule has 0 amide bonds.